The standard InChI is InChI=1S/C16H28N4O2S/c1-5-14(23-4)16(21)20-9-6-7-13(8-10-20)19(3)11-15-17-12(2)22-18-15/h13-14H,5-11H2,1-4H3/t13-,14-/m1/s1. The second-order valence-corrected chi connectivity index (χ2v) is 7.23. The minimum Gasteiger partial charge on any atom is -0.342 e. The van der Waals surface area contributed by atoms with Crippen molar-refractivity contribution >= 4 is 17.7 Å². The third kappa shape index (κ3) is 4.94. The fraction of sp³-hybridized carbons (Fsp3) is 0.812. The van der Waals surface area contributed by atoms with Gasteiger partial charge >= 0.3 is 0 Å². The van der Waals surface area contributed by atoms with E-state index in [1.807, 2.05) is 13.2 Å². The molecule has 0 unspecified atom stereocenters. The molecule has 1 aromatic heterocycles. The molecule has 0 aliphatic carbocycles. The van der Waals surface area contributed by atoms with Gasteiger partial charge in [0, 0.05) is 26.1 Å². The van der Waals surface area contributed by atoms with Crippen LogP contribution in [0, 0.1) is 6.92 Å². The summed E-state index contributed by atoms with van der Waals surface area (Å²) in [6.07, 6.45) is 6.08. The van der Waals surface area contributed by atoms with Crippen molar-refractivity contribution in [1.29, 1.82) is 0 Å². The molecule has 130 valence electrons. The van der Waals surface area contributed by atoms with E-state index < -0.39 is 0 Å². The van der Waals surface area contributed by atoms with Crippen molar-refractivity contribution < 1.29 is 9.32 Å². The Kier molecular flexibility index (Phi) is 6.89. The summed E-state index contributed by atoms with van der Waals surface area (Å²) < 4.78 is 5.03. The van der Waals surface area contributed by atoms with Gasteiger partial charge in [0.25, 0.3) is 0 Å². The highest BCUT2D eigenvalue weighted by Crippen LogP contribution is 2.20. The zero-order chi connectivity index (χ0) is 16.8. The zero-order valence-corrected chi connectivity index (χ0v) is 15.4. The van der Waals surface area contributed by atoms with Crippen LogP contribution in [0.1, 0.15) is 44.3 Å². The van der Waals surface area contributed by atoms with Crippen LogP contribution >= 0.6 is 11.8 Å². The van der Waals surface area contributed by atoms with Crippen LogP contribution in [0.15, 0.2) is 4.52 Å². The molecule has 7 heteroatoms. The van der Waals surface area contributed by atoms with E-state index in [1.54, 1.807) is 11.8 Å². The Morgan fingerprint density at radius 1 is 1.48 bits per heavy atom. The molecule has 2 atom stereocenters. The molecule has 1 aromatic rings. The summed E-state index contributed by atoms with van der Waals surface area (Å²) in [5.74, 6) is 1.64. The summed E-state index contributed by atoms with van der Waals surface area (Å²) in [6.45, 7) is 6.30. The molecule has 1 fully saturated rings. The maximum atomic E-state index is 12.5. The maximum absolute atomic E-state index is 12.5. The van der Waals surface area contributed by atoms with Gasteiger partial charge in [0.05, 0.1) is 11.8 Å². The molecule has 23 heavy (non-hydrogen) atoms. The summed E-state index contributed by atoms with van der Waals surface area (Å²) in [5.41, 5.74) is 0. The lowest BCUT2D eigenvalue weighted by Crippen LogP contribution is -2.39. The number of carbonyl (C=O) groups excluding carboxylic acids is 1. The molecule has 1 saturated heterocycles. The van der Waals surface area contributed by atoms with E-state index in [2.05, 4.69) is 33.9 Å². The molecule has 6 nitrogen and oxygen atoms in total. The summed E-state index contributed by atoms with van der Waals surface area (Å²) >= 11 is 1.66. The first kappa shape index (κ1) is 18.3. The van der Waals surface area contributed by atoms with Gasteiger partial charge in [-0.05, 0) is 39.0 Å². The number of rotatable bonds is 6. The van der Waals surface area contributed by atoms with Gasteiger partial charge in [0.2, 0.25) is 11.8 Å². The lowest BCUT2D eigenvalue weighted by molar-refractivity contribution is -0.130. The molecule has 0 N–H and O–H groups in total. The molecule has 2 heterocycles. The van der Waals surface area contributed by atoms with Crippen LogP contribution in [0.3, 0.4) is 0 Å². The number of hydrogen-bond acceptors (Lipinski definition) is 6. The normalized spacial score (nSPS) is 20.6. The number of thioether (sulfide) groups is 1. The molecule has 1 aliphatic rings. The molecular formula is C16H28N4O2S. The third-order valence-corrected chi connectivity index (χ3v) is 5.63. The number of hydrogen-bond donors (Lipinski definition) is 0. The van der Waals surface area contributed by atoms with Crippen LogP contribution in [0.2, 0.25) is 0 Å². The SMILES string of the molecule is CC[C@@H](SC)C(=O)N1CCC[C@@H](N(C)Cc2noc(C)n2)CC1. The molecule has 2 rings (SSSR count). The predicted octanol–water partition coefficient (Wildman–Crippen LogP) is 2.33. The largest absolute Gasteiger partial charge is 0.342 e. The first-order chi connectivity index (χ1) is 11.0. The van der Waals surface area contributed by atoms with Crippen molar-refractivity contribution in [2.24, 2.45) is 0 Å². The van der Waals surface area contributed by atoms with Crippen LogP contribution in [0.4, 0.5) is 0 Å². The van der Waals surface area contributed by atoms with Crippen molar-refractivity contribution in [1.82, 2.24) is 19.9 Å². The Morgan fingerprint density at radius 3 is 2.87 bits per heavy atom. The van der Waals surface area contributed by atoms with Gasteiger partial charge in [-0.2, -0.15) is 16.7 Å². The van der Waals surface area contributed by atoms with Gasteiger partial charge in [0.15, 0.2) is 5.82 Å². The smallest absolute Gasteiger partial charge is 0.235 e. The summed E-state index contributed by atoms with van der Waals surface area (Å²) in [4.78, 5) is 21.1. The quantitative estimate of drug-likeness (QED) is 0.792. The minimum absolute atomic E-state index is 0.103. The van der Waals surface area contributed by atoms with Gasteiger partial charge in [-0.1, -0.05) is 12.1 Å². The van der Waals surface area contributed by atoms with E-state index in [9.17, 15) is 4.79 Å². The average Bonchev–Trinajstić information content (AvgIpc) is 2.80. The summed E-state index contributed by atoms with van der Waals surface area (Å²) in [7, 11) is 2.10. The molecule has 0 saturated carbocycles. The van der Waals surface area contributed by atoms with E-state index in [1.165, 1.54) is 0 Å². The highest BCUT2D eigenvalue weighted by Gasteiger charge is 2.27. The highest BCUT2D eigenvalue weighted by atomic mass is 32.2. The Labute approximate surface area is 143 Å². The number of aryl methyl sites for hydroxylation is 1. The molecule has 0 radical (unpaired) electrons. The zero-order valence-electron chi connectivity index (χ0n) is 14.6. The molecule has 1 amide bonds. The van der Waals surface area contributed by atoms with Crippen LogP contribution < -0.4 is 0 Å². The van der Waals surface area contributed by atoms with E-state index in [-0.39, 0.29) is 5.25 Å². The lowest BCUT2D eigenvalue weighted by atomic mass is 10.1. The van der Waals surface area contributed by atoms with Gasteiger partial charge in [-0.3, -0.25) is 9.69 Å². The second-order valence-electron chi connectivity index (χ2n) is 6.19. The molecule has 0 bridgehead atoms. The predicted molar refractivity (Wildman–Crippen MR) is 92.3 cm³/mol. The van der Waals surface area contributed by atoms with E-state index in [0.29, 0.717) is 24.4 Å². The maximum Gasteiger partial charge on any atom is 0.235 e. The van der Waals surface area contributed by atoms with Crippen LogP contribution in [-0.4, -0.2) is 63.5 Å². The fourth-order valence-corrected chi connectivity index (χ4v) is 3.83. The van der Waals surface area contributed by atoms with Crippen LogP contribution in [-0.2, 0) is 11.3 Å². The molecule has 1 aliphatic heterocycles. The topological polar surface area (TPSA) is 62.5 Å². The van der Waals surface area contributed by atoms with Crippen molar-refractivity contribution in [2.45, 2.75) is 57.4 Å². The number of carbonyl (C=O) groups is 1. The first-order valence-electron chi connectivity index (χ1n) is 8.36. The Balaban J connectivity index is 1.88. The monoisotopic (exact) mass is 340 g/mol. The van der Waals surface area contributed by atoms with Gasteiger partial charge < -0.3 is 9.42 Å². The third-order valence-electron chi connectivity index (χ3n) is 4.52. The van der Waals surface area contributed by atoms with Gasteiger partial charge in [-0.15, -0.1) is 0 Å². The Morgan fingerprint density at radius 2 is 2.26 bits per heavy atom. The number of likely N-dealkylation sites (tertiary alicyclic amines) is 1. The van der Waals surface area contributed by atoms with Gasteiger partial charge in [-0.25, -0.2) is 0 Å². The van der Waals surface area contributed by atoms with Crippen molar-refractivity contribution in [2.75, 3.05) is 26.4 Å². The summed E-state index contributed by atoms with van der Waals surface area (Å²) in [5, 5.41) is 4.07. The van der Waals surface area contributed by atoms with Crippen molar-refractivity contribution in [3.05, 3.63) is 11.7 Å². The summed E-state index contributed by atoms with van der Waals surface area (Å²) in [6, 6.07) is 0.459. The van der Waals surface area contributed by atoms with E-state index in [0.717, 1.165) is 44.6 Å². The van der Waals surface area contributed by atoms with E-state index >= 15 is 0 Å². The number of aromatic nitrogens is 2. The second kappa shape index (κ2) is 8.68. The lowest BCUT2D eigenvalue weighted by Gasteiger charge is -2.27. The molecule has 0 aromatic carbocycles. The van der Waals surface area contributed by atoms with Gasteiger partial charge in [0.1, 0.15) is 0 Å². The number of nitrogens with zero attached hydrogens (tertiary/aromatic N) is 4. The first-order valence-corrected chi connectivity index (χ1v) is 9.65. The highest BCUT2D eigenvalue weighted by molar-refractivity contribution is 7.99. The minimum atomic E-state index is 0.103. The van der Waals surface area contributed by atoms with Crippen molar-refractivity contribution in [3.63, 3.8) is 0 Å². The van der Waals surface area contributed by atoms with Crippen molar-refractivity contribution in [3.8, 4) is 0 Å². The Bertz CT molecular complexity index is 504. The Hall–Kier alpha value is -1.08. The fourth-order valence-electron chi connectivity index (χ4n) is 3.14. The van der Waals surface area contributed by atoms with E-state index in [4.69, 9.17) is 4.52 Å². The molecular weight excluding hydrogens is 312 g/mol. The van der Waals surface area contributed by atoms with Crippen LogP contribution in [0.5, 0.6) is 0 Å². The van der Waals surface area contributed by atoms with Crippen LogP contribution in [0.25, 0.3) is 0 Å². The number of amides is 1. The molecule has 0 spiro atoms. The average molecular weight is 340 g/mol.